The van der Waals surface area contributed by atoms with Crippen molar-refractivity contribution in [2.24, 2.45) is 0 Å². The molecule has 0 saturated carbocycles. The Morgan fingerprint density at radius 2 is 2.27 bits per heavy atom. The molecule has 0 unspecified atom stereocenters. The molecule has 0 radical (unpaired) electrons. The Morgan fingerprint density at radius 3 is 2.80 bits per heavy atom. The molecule has 0 aliphatic heterocycles. The van der Waals surface area contributed by atoms with Gasteiger partial charge >= 0.3 is 5.97 Å². The van der Waals surface area contributed by atoms with Crippen LogP contribution >= 0.6 is 11.6 Å². The second kappa shape index (κ2) is 4.81. The monoisotopic (exact) mass is 223 g/mol. The predicted molar refractivity (Wildman–Crippen MR) is 56.9 cm³/mol. The van der Waals surface area contributed by atoms with Crippen LogP contribution in [0, 0.1) is 18.3 Å². The van der Waals surface area contributed by atoms with E-state index in [1.54, 1.807) is 19.9 Å². The molecular weight excluding hydrogens is 214 g/mol. The van der Waals surface area contributed by atoms with E-state index in [0.717, 1.165) is 0 Å². The first-order valence-corrected chi connectivity index (χ1v) is 4.86. The van der Waals surface area contributed by atoms with E-state index in [2.05, 4.69) is 0 Å². The van der Waals surface area contributed by atoms with Gasteiger partial charge in [-0.05, 0) is 31.5 Å². The van der Waals surface area contributed by atoms with Crippen molar-refractivity contribution in [1.82, 2.24) is 0 Å². The third kappa shape index (κ3) is 2.28. The van der Waals surface area contributed by atoms with E-state index in [1.165, 1.54) is 6.07 Å². The number of carbonyl (C=O) groups excluding carboxylic acids is 1. The summed E-state index contributed by atoms with van der Waals surface area (Å²) in [4.78, 5) is 11.5. The third-order valence-corrected chi connectivity index (χ3v) is 2.42. The molecule has 4 heteroatoms. The topological polar surface area (TPSA) is 50.1 Å². The van der Waals surface area contributed by atoms with Gasteiger partial charge in [0.15, 0.2) is 0 Å². The van der Waals surface area contributed by atoms with Gasteiger partial charge < -0.3 is 4.74 Å². The molecule has 1 rings (SSSR count). The first kappa shape index (κ1) is 11.5. The van der Waals surface area contributed by atoms with Gasteiger partial charge in [0.25, 0.3) is 0 Å². The van der Waals surface area contributed by atoms with Gasteiger partial charge in [-0.25, -0.2) is 4.79 Å². The van der Waals surface area contributed by atoms with Crippen molar-refractivity contribution in [3.05, 3.63) is 33.8 Å². The summed E-state index contributed by atoms with van der Waals surface area (Å²) < 4.78 is 4.83. The molecular formula is C11H10ClNO2. The highest BCUT2D eigenvalue weighted by Crippen LogP contribution is 2.22. The molecule has 0 fully saturated rings. The van der Waals surface area contributed by atoms with Crippen LogP contribution in [0.3, 0.4) is 0 Å². The molecule has 0 heterocycles. The van der Waals surface area contributed by atoms with Crippen molar-refractivity contribution >= 4 is 17.6 Å². The molecule has 0 bridgehead atoms. The van der Waals surface area contributed by atoms with Crippen LogP contribution in [-0.4, -0.2) is 12.6 Å². The van der Waals surface area contributed by atoms with Crippen molar-refractivity contribution in [2.45, 2.75) is 13.8 Å². The number of benzene rings is 1. The quantitative estimate of drug-likeness (QED) is 0.725. The maximum Gasteiger partial charge on any atom is 0.339 e. The van der Waals surface area contributed by atoms with E-state index in [9.17, 15) is 4.79 Å². The number of hydrogen-bond donors (Lipinski definition) is 0. The summed E-state index contributed by atoms with van der Waals surface area (Å²) in [5, 5.41) is 9.40. The fourth-order valence-electron chi connectivity index (χ4n) is 1.21. The summed E-state index contributed by atoms with van der Waals surface area (Å²) >= 11 is 5.84. The maximum absolute atomic E-state index is 11.5. The number of carbonyl (C=O) groups is 1. The average Bonchev–Trinajstić information content (AvgIpc) is 2.22. The molecule has 0 aliphatic carbocycles. The Hall–Kier alpha value is -1.53. The fraction of sp³-hybridized carbons (Fsp3) is 0.273. The van der Waals surface area contributed by atoms with Gasteiger partial charge in [0.2, 0.25) is 0 Å². The second-order valence-corrected chi connectivity index (χ2v) is 3.33. The van der Waals surface area contributed by atoms with Crippen LogP contribution in [0.2, 0.25) is 5.02 Å². The van der Waals surface area contributed by atoms with Crippen LogP contribution in [0.15, 0.2) is 12.1 Å². The first-order chi connectivity index (χ1) is 7.11. The lowest BCUT2D eigenvalue weighted by Crippen LogP contribution is -2.08. The van der Waals surface area contributed by atoms with Gasteiger partial charge in [-0.3, -0.25) is 0 Å². The van der Waals surface area contributed by atoms with E-state index < -0.39 is 5.97 Å². The van der Waals surface area contributed by atoms with E-state index in [1.807, 2.05) is 6.07 Å². The minimum atomic E-state index is -0.492. The highest BCUT2D eigenvalue weighted by atomic mass is 35.5. The van der Waals surface area contributed by atoms with E-state index in [0.29, 0.717) is 10.6 Å². The molecule has 78 valence electrons. The van der Waals surface area contributed by atoms with Crippen LogP contribution in [-0.2, 0) is 4.74 Å². The lowest BCUT2D eigenvalue weighted by molar-refractivity contribution is 0.0526. The average molecular weight is 224 g/mol. The summed E-state index contributed by atoms with van der Waals surface area (Å²) in [5.41, 5.74) is 1.15. The van der Waals surface area contributed by atoms with Crippen molar-refractivity contribution in [2.75, 3.05) is 6.61 Å². The second-order valence-electron chi connectivity index (χ2n) is 2.93. The zero-order valence-corrected chi connectivity index (χ0v) is 9.26. The van der Waals surface area contributed by atoms with Gasteiger partial charge in [-0.2, -0.15) is 5.26 Å². The Balaban J connectivity index is 3.26. The Kier molecular flexibility index (Phi) is 3.70. The lowest BCUT2D eigenvalue weighted by Gasteiger charge is -2.07. The molecule has 0 amide bonds. The first-order valence-electron chi connectivity index (χ1n) is 4.48. The van der Waals surface area contributed by atoms with Crippen LogP contribution in [0.5, 0.6) is 0 Å². The smallest absolute Gasteiger partial charge is 0.339 e. The number of nitrogens with zero attached hydrogens (tertiary/aromatic N) is 1. The van der Waals surface area contributed by atoms with E-state index in [4.69, 9.17) is 21.6 Å². The SMILES string of the molecule is CCOC(=O)c1ccc(Cl)c(C)c1C#N. The van der Waals surface area contributed by atoms with Crippen LogP contribution in [0.25, 0.3) is 0 Å². The summed E-state index contributed by atoms with van der Waals surface area (Å²) in [6.45, 7) is 3.70. The Morgan fingerprint density at radius 1 is 1.60 bits per heavy atom. The molecule has 0 N–H and O–H groups in total. The van der Waals surface area contributed by atoms with Crippen LogP contribution in [0.4, 0.5) is 0 Å². The molecule has 0 saturated heterocycles. The predicted octanol–water partition coefficient (Wildman–Crippen LogP) is 2.70. The molecule has 1 aromatic rings. The molecule has 0 spiro atoms. The number of rotatable bonds is 2. The van der Waals surface area contributed by atoms with Crippen LogP contribution < -0.4 is 0 Å². The van der Waals surface area contributed by atoms with Gasteiger partial charge in [0.1, 0.15) is 6.07 Å². The van der Waals surface area contributed by atoms with E-state index >= 15 is 0 Å². The summed E-state index contributed by atoms with van der Waals surface area (Å²) in [6, 6.07) is 5.05. The van der Waals surface area contributed by atoms with Gasteiger partial charge in [-0.15, -0.1) is 0 Å². The fourth-order valence-corrected chi connectivity index (χ4v) is 1.37. The highest BCUT2D eigenvalue weighted by Gasteiger charge is 2.15. The van der Waals surface area contributed by atoms with Gasteiger partial charge in [0, 0.05) is 5.02 Å². The number of nitriles is 1. The third-order valence-electron chi connectivity index (χ3n) is 2.01. The molecule has 0 aliphatic rings. The molecule has 3 nitrogen and oxygen atoms in total. The van der Waals surface area contributed by atoms with Gasteiger partial charge in [0.05, 0.1) is 17.7 Å². The minimum absolute atomic E-state index is 0.265. The van der Waals surface area contributed by atoms with Crippen molar-refractivity contribution < 1.29 is 9.53 Å². The number of esters is 1. The van der Waals surface area contributed by atoms with Crippen molar-refractivity contribution in [3.8, 4) is 6.07 Å². The van der Waals surface area contributed by atoms with Gasteiger partial charge in [-0.1, -0.05) is 11.6 Å². The number of halogens is 1. The normalized spacial score (nSPS) is 9.47. The Labute approximate surface area is 93.2 Å². The number of hydrogen-bond acceptors (Lipinski definition) is 3. The minimum Gasteiger partial charge on any atom is -0.462 e. The highest BCUT2D eigenvalue weighted by molar-refractivity contribution is 6.31. The van der Waals surface area contributed by atoms with Crippen molar-refractivity contribution in [3.63, 3.8) is 0 Å². The Bertz CT molecular complexity index is 435. The molecule has 0 aromatic heterocycles. The summed E-state index contributed by atoms with van der Waals surface area (Å²) in [6.07, 6.45) is 0. The van der Waals surface area contributed by atoms with E-state index in [-0.39, 0.29) is 17.7 Å². The maximum atomic E-state index is 11.5. The molecule has 15 heavy (non-hydrogen) atoms. The molecule has 1 aromatic carbocycles. The summed E-state index contributed by atoms with van der Waals surface area (Å²) in [7, 11) is 0. The molecule has 0 atom stereocenters. The zero-order valence-electron chi connectivity index (χ0n) is 8.50. The largest absolute Gasteiger partial charge is 0.462 e. The lowest BCUT2D eigenvalue weighted by atomic mass is 10.0. The van der Waals surface area contributed by atoms with Crippen LogP contribution in [0.1, 0.15) is 28.4 Å². The standard InChI is InChI=1S/C11H10ClNO2/c1-3-15-11(14)8-4-5-10(12)7(2)9(8)6-13/h4-5H,3H2,1-2H3. The summed E-state index contributed by atoms with van der Waals surface area (Å²) in [5.74, 6) is -0.492. The zero-order chi connectivity index (χ0) is 11.4. The van der Waals surface area contributed by atoms with Crippen molar-refractivity contribution in [1.29, 1.82) is 5.26 Å². The number of ether oxygens (including phenoxy) is 1.